The standard InChI is InChI=1S/C11H26N2O2S/c1-7-11(2,13(4)5)10(12-3)8-9-16(6,14)15/h10,12H,7-9H2,1-6H3. The Morgan fingerprint density at radius 1 is 1.38 bits per heavy atom. The van der Waals surface area contributed by atoms with Gasteiger partial charge in [0.2, 0.25) is 0 Å². The quantitative estimate of drug-likeness (QED) is 0.724. The molecule has 0 radical (unpaired) electrons. The Hall–Kier alpha value is -0.130. The smallest absolute Gasteiger partial charge is 0.147 e. The number of nitrogens with one attached hydrogen (secondary N) is 1. The van der Waals surface area contributed by atoms with Crippen LogP contribution in [0.4, 0.5) is 0 Å². The molecule has 0 saturated carbocycles. The Morgan fingerprint density at radius 3 is 2.12 bits per heavy atom. The van der Waals surface area contributed by atoms with E-state index in [4.69, 9.17) is 0 Å². The second kappa shape index (κ2) is 5.98. The monoisotopic (exact) mass is 250 g/mol. The van der Waals surface area contributed by atoms with Crippen molar-refractivity contribution in [2.24, 2.45) is 0 Å². The molecule has 2 unspecified atom stereocenters. The van der Waals surface area contributed by atoms with Crippen LogP contribution in [-0.2, 0) is 9.84 Å². The molecule has 0 aliphatic carbocycles. The van der Waals surface area contributed by atoms with Crippen molar-refractivity contribution >= 4 is 9.84 Å². The Kier molecular flexibility index (Phi) is 5.93. The molecule has 0 saturated heterocycles. The summed E-state index contributed by atoms with van der Waals surface area (Å²) < 4.78 is 22.4. The molecule has 16 heavy (non-hydrogen) atoms. The first-order valence-corrected chi connectivity index (χ1v) is 7.76. The molecule has 2 atom stereocenters. The zero-order chi connectivity index (χ0) is 13.0. The van der Waals surface area contributed by atoms with Crippen LogP contribution in [-0.4, -0.2) is 58.1 Å². The van der Waals surface area contributed by atoms with Gasteiger partial charge in [-0.1, -0.05) is 6.92 Å². The predicted molar refractivity (Wildman–Crippen MR) is 69.6 cm³/mol. The van der Waals surface area contributed by atoms with E-state index in [9.17, 15) is 8.42 Å². The molecule has 0 aliphatic rings. The number of likely N-dealkylation sites (N-methyl/N-ethyl adjacent to an activating group) is 2. The molecule has 0 rings (SSSR count). The van der Waals surface area contributed by atoms with Gasteiger partial charge < -0.3 is 10.2 Å². The highest BCUT2D eigenvalue weighted by Gasteiger charge is 2.33. The highest BCUT2D eigenvalue weighted by Crippen LogP contribution is 2.23. The summed E-state index contributed by atoms with van der Waals surface area (Å²) in [7, 11) is 3.08. The SMILES string of the molecule is CCC(C)(C(CCS(C)(=O)=O)NC)N(C)C. The van der Waals surface area contributed by atoms with Crippen LogP contribution in [0.2, 0.25) is 0 Å². The summed E-state index contributed by atoms with van der Waals surface area (Å²) in [6.07, 6.45) is 2.92. The van der Waals surface area contributed by atoms with E-state index in [1.54, 1.807) is 0 Å². The minimum atomic E-state index is -2.88. The van der Waals surface area contributed by atoms with E-state index in [1.165, 1.54) is 6.26 Å². The third-order valence-corrected chi connectivity index (χ3v) is 4.59. The Balaban J connectivity index is 4.71. The molecule has 0 heterocycles. The number of hydrogen-bond acceptors (Lipinski definition) is 4. The van der Waals surface area contributed by atoms with Crippen LogP contribution in [0, 0.1) is 0 Å². The first-order valence-electron chi connectivity index (χ1n) is 5.69. The van der Waals surface area contributed by atoms with Gasteiger partial charge in [-0.15, -0.1) is 0 Å². The molecule has 5 heteroatoms. The van der Waals surface area contributed by atoms with Crippen LogP contribution in [0.3, 0.4) is 0 Å². The zero-order valence-corrected chi connectivity index (χ0v) is 12.2. The van der Waals surface area contributed by atoms with Crippen molar-refractivity contribution in [1.29, 1.82) is 0 Å². The van der Waals surface area contributed by atoms with Gasteiger partial charge in [-0.3, -0.25) is 0 Å². The minimum absolute atomic E-state index is 0.0144. The predicted octanol–water partition coefficient (Wildman–Crippen LogP) is 0.739. The lowest BCUT2D eigenvalue weighted by atomic mass is 9.86. The van der Waals surface area contributed by atoms with Gasteiger partial charge in [0.1, 0.15) is 9.84 Å². The lowest BCUT2D eigenvalue weighted by molar-refractivity contribution is 0.115. The second-order valence-corrected chi connectivity index (χ2v) is 7.12. The maximum Gasteiger partial charge on any atom is 0.147 e. The van der Waals surface area contributed by atoms with E-state index in [1.807, 2.05) is 21.1 Å². The molecule has 0 aliphatic heterocycles. The zero-order valence-electron chi connectivity index (χ0n) is 11.4. The molecule has 0 fully saturated rings. The molecular weight excluding hydrogens is 224 g/mol. The van der Waals surface area contributed by atoms with E-state index in [-0.39, 0.29) is 17.3 Å². The van der Waals surface area contributed by atoms with E-state index >= 15 is 0 Å². The lowest BCUT2D eigenvalue weighted by Crippen LogP contribution is -2.56. The van der Waals surface area contributed by atoms with Crippen LogP contribution < -0.4 is 5.32 Å². The first kappa shape index (κ1) is 15.9. The molecule has 0 spiro atoms. The Labute approximate surface area is 100 Å². The highest BCUT2D eigenvalue weighted by molar-refractivity contribution is 7.90. The maximum atomic E-state index is 11.2. The van der Waals surface area contributed by atoms with Gasteiger partial charge in [0.15, 0.2) is 0 Å². The molecule has 0 bridgehead atoms. The van der Waals surface area contributed by atoms with Gasteiger partial charge in [-0.05, 0) is 40.9 Å². The van der Waals surface area contributed by atoms with Gasteiger partial charge >= 0.3 is 0 Å². The summed E-state index contributed by atoms with van der Waals surface area (Å²) in [6.45, 7) is 4.29. The fourth-order valence-electron chi connectivity index (χ4n) is 1.97. The molecule has 0 amide bonds. The summed E-state index contributed by atoms with van der Waals surface area (Å²) in [5.74, 6) is 0.238. The summed E-state index contributed by atoms with van der Waals surface area (Å²) >= 11 is 0. The van der Waals surface area contributed by atoms with E-state index < -0.39 is 9.84 Å². The van der Waals surface area contributed by atoms with E-state index in [0.29, 0.717) is 6.42 Å². The van der Waals surface area contributed by atoms with Gasteiger partial charge in [-0.2, -0.15) is 0 Å². The van der Waals surface area contributed by atoms with Crippen LogP contribution in [0.25, 0.3) is 0 Å². The fraction of sp³-hybridized carbons (Fsp3) is 1.00. The molecule has 0 aromatic carbocycles. The van der Waals surface area contributed by atoms with Crippen molar-refractivity contribution in [2.45, 2.75) is 38.3 Å². The van der Waals surface area contributed by atoms with Crippen LogP contribution >= 0.6 is 0 Å². The summed E-state index contributed by atoms with van der Waals surface area (Å²) in [4.78, 5) is 2.16. The molecule has 0 aromatic rings. The molecular formula is C11H26N2O2S. The van der Waals surface area contributed by atoms with Crippen LogP contribution in [0.15, 0.2) is 0 Å². The summed E-state index contributed by atoms with van der Waals surface area (Å²) in [5.41, 5.74) is -0.0144. The van der Waals surface area contributed by atoms with Gasteiger partial charge in [0.05, 0.1) is 5.75 Å². The van der Waals surface area contributed by atoms with E-state index in [2.05, 4.69) is 24.1 Å². The number of sulfone groups is 1. The van der Waals surface area contributed by atoms with Gasteiger partial charge in [0, 0.05) is 17.8 Å². The van der Waals surface area contributed by atoms with Crippen molar-refractivity contribution in [2.75, 3.05) is 33.2 Å². The molecule has 0 aromatic heterocycles. The van der Waals surface area contributed by atoms with Crippen molar-refractivity contribution in [1.82, 2.24) is 10.2 Å². The second-order valence-electron chi connectivity index (χ2n) is 4.86. The Morgan fingerprint density at radius 2 is 1.88 bits per heavy atom. The first-order chi connectivity index (χ1) is 7.17. The van der Waals surface area contributed by atoms with Crippen molar-refractivity contribution in [3.63, 3.8) is 0 Å². The van der Waals surface area contributed by atoms with E-state index in [0.717, 1.165) is 6.42 Å². The van der Waals surface area contributed by atoms with Crippen molar-refractivity contribution in [3.8, 4) is 0 Å². The third kappa shape index (κ3) is 4.39. The van der Waals surface area contributed by atoms with Crippen LogP contribution in [0.1, 0.15) is 26.7 Å². The molecule has 4 nitrogen and oxygen atoms in total. The molecule has 98 valence electrons. The van der Waals surface area contributed by atoms with Crippen molar-refractivity contribution in [3.05, 3.63) is 0 Å². The number of nitrogens with zero attached hydrogens (tertiary/aromatic N) is 1. The van der Waals surface area contributed by atoms with Crippen LogP contribution in [0.5, 0.6) is 0 Å². The minimum Gasteiger partial charge on any atom is -0.315 e. The normalized spacial score (nSPS) is 18.4. The lowest BCUT2D eigenvalue weighted by Gasteiger charge is -2.42. The summed E-state index contributed by atoms with van der Waals surface area (Å²) in [5, 5.41) is 3.24. The topological polar surface area (TPSA) is 49.4 Å². The highest BCUT2D eigenvalue weighted by atomic mass is 32.2. The summed E-state index contributed by atoms with van der Waals surface area (Å²) in [6, 6.07) is 0.183. The van der Waals surface area contributed by atoms with Gasteiger partial charge in [0.25, 0.3) is 0 Å². The van der Waals surface area contributed by atoms with Gasteiger partial charge in [-0.25, -0.2) is 8.42 Å². The number of rotatable bonds is 7. The average molecular weight is 250 g/mol. The maximum absolute atomic E-state index is 11.2. The Bertz CT molecular complexity index is 301. The van der Waals surface area contributed by atoms with Crippen molar-refractivity contribution < 1.29 is 8.42 Å². The average Bonchev–Trinajstić information content (AvgIpc) is 2.16. The largest absolute Gasteiger partial charge is 0.315 e. The molecule has 1 N–H and O–H groups in total. The number of hydrogen-bond donors (Lipinski definition) is 1. The third-order valence-electron chi connectivity index (χ3n) is 3.61. The fourth-order valence-corrected chi connectivity index (χ4v) is 2.64.